The zero-order chi connectivity index (χ0) is 14.8. The fourth-order valence-corrected chi connectivity index (χ4v) is 3.28. The predicted octanol–water partition coefficient (Wildman–Crippen LogP) is 2.33. The van der Waals surface area contributed by atoms with Crippen molar-refractivity contribution in [1.82, 2.24) is 9.97 Å². The van der Waals surface area contributed by atoms with Gasteiger partial charge in [0.1, 0.15) is 11.6 Å². The van der Waals surface area contributed by atoms with E-state index in [1.807, 2.05) is 6.92 Å². The number of aromatic amines is 1. The van der Waals surface area contributed by atoms with Gasteiger partial charge >= 0.3 is 0 Å². The molecule has 0 aliphatic carbocycles. The molecule has 2 rings (SSSR count). The number of rotatable bonds is 5. The van der Waals surface area contributed by atoms with Crippen LogP contribution in [0.1, 0.15) is 19.7 Å². The summed E-state index contributed by atoms with van der Waals surface area (Å²) in [7, 11) is -3.71. The third-order valence-electron chi connectivity index (χ3n) is 2.91. The third-order valence-corrected chi connectivity index (χ3v) is 4.72. The first-order valence-corrected chi connectivity index (χ1v) is 7.75. The van der Waals surface area contributed by atoms with Crippen molar-refractivity contribution in [1.29, 1.82) is 0 Å². The monoisotopic (exact) mass is 297 g/mol. The molecule has 108 valence electrons. The molecule has 7 heteroatoms. The molecule has 2 aromatic rings. The number of hydrogen-bond donors (Lipinski definition) is 1. The summed E-state index contributed by atoms with van der Waals surface area (Å²) in [5, 5.41) is 0.0422. The van der Waals surface area contributed by atoms with E-state index in [2.05, 4.69) is 9.97 Å². The molecule has 0 spiro atoms. The number of nitrogens with one attached hydrogen (secondary N) is 1. The molecule has 1 heterocycles. The van der Waals surface area contributed by atoms with E-state index in [-0.39, 0.29) is 11.6 Å². The number of aryl methyl sites for hydroxylation is 1. The molecule has 0 saturated heterocycles. The Balaban J connectivity index is 2.41. The summed E-state index contributed by atoms with van der Waals surface area (Å²) in [6.45, 7) is 3.85. The molecule has 0 fully saturated rings. The summed E-state index contributed by atoms with van der Waals surface area (Å²) < 4.78 is 39.2. The molecule has 0 unspecified atom stereocenters. The van der Waals surface area contributed by atoms with Gasteiger partial charge in [0.05, 0.1) is 11.9 Å². The summed E-state index contributed by atoms with van der Waals surface area (Å²) >= 11 is 0. The highest BCUT2D eigenvalue weighted by atomic mass is 32.2. The number of benzene rings is 1. The Hall–Kier alpha value is -1.89. The van der Waals surface area contributed by atoms with Crippen LogP contribution in [0, 0.1) is 5.82 Å². The van der Waals surface area contributed by atoms with E-state index in [0.717, 1.165) is 0 Å². The second kappa shape index (κ2) is 5.62. The largest absolute Gasteiger partial charge is 0.332 e. The number of H-pyrrole nitrogens is 1. The van der Waals surface area contributed by atoms with Gasteiger partial charge in [-0.2, -0.15) is 8.42 Å². The average molecular weight is 297 g/mol. The van der Waals surface area contributed by atoms with Crippen LogP contribution >= 0.6 is 0 Å². The van der Waals surface area contributed by atoms with E-state index >= 15 is 0 Å². The van der Waals surface area contributed by atoms with E-state index < -0.39 is 15.8 Å². The van der Waals surface area contributed by atoms with Crippen LogP contribution in [-0.2, 0) is 16.4 Å². The lowest BCUT2D eigenvalue weighted by Crippen LogP contribution is -2.31. The van der Waals surface area contributed by atoms with Gasteiger partial charge < -0.3 is 4.98 Å². The number of aromatic nitrogens is 2. The van der Waals surface area contributed by atoms with Crippen LogP contribution in [0.3, 0.4) is 0 Å². The van der Waals surface area contributed by atoms with E-state index in [1.165, 1.54) is 34.8 Å². The molecule has 0 atom stereocenters. The fraction of sp³-hybridized carbons (Fsp3) is 0.308. The van der Waals surface area contributed by atoms with E-state index in [1.54, 1.807) is 6.92 Å². The van der Waals surface area contributed by atoms with E-state index in [0.29, 0.717) is 17.9 Å². The molecule has 5 nitrogen and oxygen atoms in total. The van der Waals surface area contributed by atoms with Crippen LogP contribution in [0.5, 0.6) is 0 Å². The Kier molecular flexibility index (Phi) is 4.08. The van der Waals surface area contributed by atoms with Crippen molar-refractivity contribution < 1.29 is 12.8 Å². The topological polar surface area (TPSA) is 66.1 Å². The molecular formula is C13H16FN3O2S. The second-order valence-corrected chi connectivity index (χ2v) is 6.02. The third kappa shape index (κ3) is 2.67. The molecule has 0 amide bonds. The van der Waals surface area contributed by atoms with Gasteiger partial charge in [-0.3, -0.25) is 4.31 Å². The standard InChI is InChI=1S/C13H16FN3O2S/c1-3-12-15-9-13(16-12)20(18,19)17(4-2)11-7-5-10(14)6-8-11/h5-9H,3-4H2,1-2H3,(H,15,16). The highest BCUT2D eigenvalue weighted by Crippen LogP contribution is 2.22. The van der Waals surface area contributed by atoms with Gasteiger partial charge in [0.25, 0.3) is 10.0 Å². The van der Waals surface area contributed by atoms with Gasteiger partial charge in [-0.15, -0.1) is 0 Å². The number of halogens is 1. The van der Waals surface area contributed by atoms with Crippen molar-refractivity contribution >= 4 is 15.7 Å². The SMILES string of the molecule is CCc1ncc(S(=O)(=O)N(CC)c2ccc(F)cc2)[nH]1. The molecule has 0 aliphatic rings. The van der Waals surface area contributed by atoms with E-state index in [4.69, 9.17) is 0 Å². The summed E-state index contributed by atoms with van der Waals surface area (Å²) in [6, 6.07) is 5.34. The lowest BCUT2D eigenvalue weighted by molar-refractivity contribution is 0.588. The predicted molar refractivity (Wildman–Crippen MR) is 74.6 cm³/mol. The van der Waals surface area contributed by atoms with Crippen LogP contribution in [0.25, 0.3) is 0 Å². The lowest BCUT2D eigenvalue weighted by atomic mass is 10.3. The first-order valence-electron chi connectivity index (χ1n) is 6.31. The summed E-state index contributed by atoms with van der Waals surface area (Å²) in [6.07, 6.45) is 1.93. The Labute approximate surface area is 117 Å². The zero-order valence-electron chi connectivity index (χ0n) is 11.3. The van der Waals surface area contributed by atoms with Gasteiger partial charge in [0.15, 0.2) is 5.03 Å². The highest BCUT2D eigenvalue weighted by Gasteiger charge is 2.25. The zero-order valence-corrected chi connectivity index (χ0v) is 12.1. The van der Waals surface area contributed by atoms with Gasteiger partial charge in [0, 0.05) is 13.0 Å². The minimum absolute atomic E-state index is 0.0422. The molecule has 1 aromatic carbocycles. The van der Waals surface area contributed by atoms with Crippen LogP contribution in [0.4, 0.5) is 10.1 Å². The summed E-state index contributed by atoms with van der Waals surface area (Å²) in [5.74, 6) is 0.204. The number of nitrogens with zero attached hydrogens (tertiary/aromatic N) is 2. The van der Waals surface area contributed by atoms with Crippen molar-refractivity contribution in [2.75, 3.05) is 10.8 Å². The number of imidazole rings is 1. The molecule has 1 aromatic heterocycles. The van der Waals surface area contributed by atoms with Crippen LogP contribution < -0.4 is 4.31 Å². The van der Waals surface area contributed by atoms with Crippen molar-refractivity contribution in [2.45, 2.75) is 25.3 Å². The molecule has 0 bridgehead atoms. The molecule has 1 N–H and O–H groups in total. The van der Waals surface area contributed by atoms with Crippen molar-refractivity contribution in [3.05, 3.63) is 42.1 Å². The van der Waals surface area contributed by atoms with Crippen LogP contribution in [0.15, 0.2) is 35.5 Å². The quantitative estimate of drug-likeness (QED) is 0.921. The number of sulfonamides is 1. The second-order valence-electron chi connectivity index (χ2n) is 4.19. The Morgan fingerprint density at radius 2 is 1.90 bits per heavy atom. The minimum Gasteiger partial charge on any atom is -0.332 e. The van der Waals surface area contributed by atoms with Gasteiger partial charge in [-0.05, 0) is 31.2 Å². The number of anilines is 1. The van der Waals surface area contributed by atoms with Crippen molar-refractivity contribution in [3.63, 3.8) is 0 Å². The maximum atomic E-state index is 12.9. The average Bonchev–Trinajstić information content (AvgIpc) is 2.91. The Morgan fingerprint density at radius 1 is 1.25 bits per heavy atom. The van der Waals surface area contributed by atoms with Crippen molar-refractivity contribution in [3.8, 4) is 0 Å². The number of hydrogen-bond acceptors (Lipinski definition) is 3. The van der Waals surface area contributed by atoms with Gasteiger partial charge in [-0.1, -0.05) is 6.92 Å². The lowest BCUT2D eigenvalue weighted by Gasteiger charge is -2.21. The van der Waals surface area contributed by atoms with Gasteiger partial charge in [0.2, 0.25) is 0 Å². The van der Waals surface area contributed by atoms with Crippen molar-refractivity contribution in [2.24, 2.45) is 0 Å². The fourth-order valence-electron chi connectivity index (χ4n) is 1.87. The smallest absolute Gasteiger partial charge is 0.281 e. The van der Waals surface area contributed by atoms with Gasteiger partial charge in [-0.25, -0.2) is 9.37 Å². The normalized spacial score (nSPS) is 11.6. The maximum Gasteiger partial charge on any atom is 0.281 e. The molecule has 0 radical (unpaired) electrons. The van der Waals surface area contributed by atoms with Crippen LogP contribution in [-0.4, -0.2) is 24.9 Å². The minimum atomic E-state index is -3.71. The van der Waals surface area contributed by atoms with E-state index in [9.17, 15) is 12.8 Å². The molecule has 0 aliphatic heterocycles. The molecule has 20 heavy (non-hydrogen) atoms. The Morgan fingerprint density at radius 3 is 2.40 bits per heavy atom. The molecule has 0 saturated carbocycles. The summed E-state index contributed by atoms with van der Waals surface area (Å²) in [5.41, 5.74) is 0.418. The van der Waals surface area contributed by atoms with Crippen LogP contribution in [0.2, 0.25) is 0 Å². The Bertz CT molecular complexity index is 680. The first kappa shape index (κ1) is 14.5. The molecular weight excluding hydrogens is 281 g/mol. The summed E-state index contributed by atoms with van der Waals surface area (Å²) in [4.78, 5) is 6.79. The highest BCUT2D eigenvalue weighted by molar-refractivity contribution is 7.92. The first-order chi connectivity index (χ1) is 9.48. The maximum absolute atomic E-state index is 12.9.